The van der Waals surface area contributed by atoms with E-state index in [1.165, 1.54) is 0 Å². The van der Waals surface area contributed by atoms with Gasteiger partial charge in [-0.25, -0.2) is 9.83 Å². The fraction of sp³-hybridized carbons (Fsp3) is 0.435. The average Bonchev–Trinajstić information content (AvgIpc) is 3.00. The molecular formula is C23H27N7OS. The van der Waals surface area contributed by atoms with E-state index in [1.807, 2.05) is 26.0 Å². The summed E-state index contributed by atoms with van der Waals surface area (Å²) in [5, 5.41) is 9.56. The Labute approximate surface area is 193 Å². The van der Waals surface area contributed by atoms with E-state index in [4.69, 9.17) is 17.3 Å². The summed E-state index contributed by atoms with van der Waals surface area (Å²) in [4.78, 5) is 29.6. The Morgan fingerprint density at radius 2 is 2.19 bits per heavy atom. The van der Waals surface area contributed by atoms with Crippen molar-refractivity contribution in [1.29, 1.82) is 5.26 Å². The Morgan fingerprint density at radius 1 is 1.41 bits per heavy atom. The number of anilines is 1. The summed E-state index contributed by atoms with van der Waals surface area (Å²) >= 11 is 1.13. The number of pyridine rings is 2. The molecule has 2 N–H and O–H groups in total. The summed E-state index contributed by atoms with van der Waals surface area (Å²) in [5.74, 6) is 0.0260. The molecule has 0 aliphatic carbocycles. The molecule has 32 heavy (non-hydrogen) atoms. The molecule has 3 rings (SSSR count). The van der Waals surface area contributed by atoms with Gasteiger partial charge < -0.3 is 15.5 Å². The lowest BCUT2D eigenvalue weighted by atomic mass is 10.1. The van der Waals surface area contributed by atoms with Gasteiger partial charge in [0.2, 0.25) is 11.6 Å². The van der Waals surface area contributed by atoms with Crippen molar-refractivity contribution in [2.75, 3.05) is 38.1 Å². The predicted molar refractivity (Wildman–Crippen MR) is 126 cm³/mol. The summed E-state index contributed by atoms with van der Waals surface area (Å²) in [7, 11) is 2.08. The van der Waals surface area contributed by atoms with Gasteiger partial charge in [-0.2, -0.15) is 5.26 Å². The minimum Gasteiger partial charge on any atom is -0.368 e. The number of aromatic nitrogens is 2. The van der Waals surface area contributed by atoms with Gasteiger partial charge in [0.25, 0.3) is 0 Å². The Bertz CT molecular complexity index is 1090. The largest absolute Gasteiger partial charge is 0.368 e. The molecule has 0 aromatic carbocycles. The highest BCUT2D eigenvalue weighted by atomic mass is 32.2. The van der Waals surface area contributed by atoms with Crippen LogP contribution in [0.4, 0.5) is 11.5 Å². The Balaban J connectivity index is 2.13. The van der Waals surface area contributed by atoms with Crippen molar-refractivity contribution < 1.29 is 4.79 Å². The quantitative estimate of drug-likeness (QED) is 0.533. The monoisotopic (exact) mass is 449 g/mol. The number of carbonyl (C=O) groups excluding carboxylic acids is 1. The second-order valence-electron chi connectivity index (χ2n) is 7.82. The number of nitrogens with two attached hydrogens (primary N) is 1. The Morgan fingerprint density at radius 3 is 2.81 bits per heavy atom. The van der Waals surface area contributed by atoms with Crippen LogP contribution >= 0.6 is 11.8 Å². The van der Waals surface area contributed by atoms with E-state index in [2.05, 4.69) is 32.7 Å². The van der Waals surface area contributed by atoms with Gasteiger partial charge in [-0.05, 0) is 56.6 Å². The maximum Gasteiger partial charge on any atom is 0.237 e. The third-order valence-electron chi connectivity index (χ3n) is 5.51. The summed E-state index contributed by atoms with van der Waals surface area (Å²) in [5.41, 5.74) is 8.62. The molecule has 3 heterocycles. The third kappa shape index (κ3) is 5.01. The molecule has 1 amide bonds. The van der Waals surface area contributed by atoms with Crippen LogP contribution in [0.3, 0.4) is 0 Å². The van der Waals surface area contributed by atoms with E-state index >= 15 is 0 Å². The van der Waals surface area contributed by atoms with Crippen LogP contribution in [0.5, 0.6) is 0 Å². The minimum absolute atomic E-state index is 0.332. The maximum atomic E-state index is 12.3. The highest BCUT2D eigenvalue weighted by Crippen LogP contribution is 2.42. The van der Waals surface area contributed by atoms with Gasteiger partial charge in [0.15, 0.2) is 0 Å². The normalized spacial score (nSPS) is 15.5. The second-order valence-corrected chi connectivity index (χ2v) is 8.92. The number of amides is 1. The first-order valence-corrected chi connectivity index (χ1v) is 11.4. The molecule has 8 nitrogen and oxygen atoms in total. The topological polar surface area (TPSA) is 104 Å². The molecule has 1 aliphatic heterocycles. The van der Waals surface area contributed by atoms with Crippen molar-refractivity contribution in [2.24, 2.45) is 5.73 Å². The van der Waals surface area contributed by atoms with Gasteiger partial charge in [0, 0.05) is 25.8 Å². The molecule has 2 aromatic rings. The summed E-state index contributed by atoms with van der Waals surface area (Å²) in [6.07, 6.45) is 3.11. The molecule has 0 saturated carbocycles. The van der Waals surface area contributed by atoms with Crippen LogP contribution in [0.25, 0.3) is 4.85 Å². The molecule has 0 spiro atoms. The first-order chi connectivity index (χ1) is 15.4. The molecule has 9 heteroatoms. The lowest BCUT2D eigenvalue weighted by Gasteiger charge is -2.26. The second kappa shape index (κ2) is 10.4. The lowest BCUT2D eigenvalue weighted by Crippen LogP contribution is -2.30. The maximum absolute atomic E-state index is 12.3. The summed E-state index contributed by atoms with van der Waals surface area (Å²) in [6, 6.07) is 5.88. The molecule has 0 bridgehead atoms. The number of rotatable bonds is 6. The summed E-state index contributed by atoms with van der Waals surface area (Å²) in [6.45, 7) is 15.0. The van der Waals surface area contributed by atoms with E-state index in [0.29, 0.717) is 39.8 Å². The van der Waals surface area contributed by atoms with Gasteiger partial charge >= 0.3 is 0 Å². The first kappa shape index (κ1) is 23.5. The smallest absolute Gasteiger partial charge is 0.237 e. The average molecular weight is 450 g/mol. The molecule has 166 valence electrons. The highest BCUT2D eigenvalue weighted by molar-refractivity contribution is 8.00. The number of carbonyl (C=O) groups is 1. The van der Waals surface area contributed by atoms with E-state index in [-0.39, 0.29) is 0 Å². The van der Waals surface area contributed by atoms with Crippen LogP contribution in [0.1, 0.15) is 41.0 Å². The molecule has 1 unspecified atom stereocenters. The fourth-order valence-corrected chi connectivity index (χ4v) is 4.82. The van der Waals surface area contributed by atoms with Crippen LogP contribution in [-0.2, 0) is 11.2 Å². The molecule has 1 fully saturated rings. The minimum atomic E-state index is -0.791. The lowest BCUT2D eigenvalue weighted by molar-refractivity contribution is -0.117. The zero-order valence-electron chi connectivity index (χ0n) is 18.6. The van der Waals surface area contributed by atoms with Crippen LogP contribution < -0.4 is 10.6 Å². The zero-order chi connectivity index (χ0) is 23.3. The zero-order valence-corrected chi connectivity index (χ0v) is 19.4. The fourth-order valence-electron chi connectivity index (χ4n) is 3.81. The van der Waals surface area contributed by atoms with Gasteiger partial charge in [0.1, 0.15) is 22.2 Å². The van der Waals surface area contributed by atoms with Crippen molar-refractivity contribution >= 4 is 29.2 Å². The van der Waals surface area contributed by atoms with Crippen molar-refractivity contribution in [3.8, 4) is 6.07 Å². The number of hydrogen-bond donors (Lipinski definition) is 1. The van der Waals surface area contributed by atoms with Crippen molar-refractivity contribution in [2.45, 2.75) is 37.0 Å². The number of primary amides is 1. The number of thioether (sulfide) groups is 1. The van der Waals surface area contributed by atoms with Crippen molar-refractivity contribution in [3.05, 3.63) is 52.1 Å². The van der Waals surface area contributed by atoms with Crippen LogP contribution in [0.15, 0.2) is 23.4 Å². The molecular weight excluding hydrogens is 422 g/mol. The van der Waals surface area contributed by atoms with E-state index in [1.54, 1.807) is 6.20 Å². The van der Waals surface area contributed by atoms with Gasteiger partial charge in [0.05, 0.1) is 17.8 Å². The van der Waals surface area contributed by atoms with Crippen LogP contribution in [0.2, 0.25) is 0 Å². The molecule has 1 aliphatic rings. The first-order valence-electron chi connectivity index (χ1n) is 10.6. The number of likely N-dealkylation sites (N-methyl/N-ethyl adjacent to an activating group) is 1. The predicted octanol–water partition coefficient (Wildman–Crippen LogP) is 3.23. The molecule has 0 radical (unpaired) electrons. The van der Waals surface area contributed by atoms with E-state index < -0.39 is 11.2 Å². The van der Waals surface area contributed by atoms with Gasteiger partial charge in [-0.15, -0.1) is 0 Å². The van der Waals surface area contributed by atoms with E-state index in [0.717, 1.165) is 49.9 Å². The molecule has 1 saturated heterocycles. The summed E-state index contributed by atoms with van der Waals surface area (Å²) < 4.78 is 0. The number of hydrogen-bond acceptors (Lipinski definition) is 7. The highest BCUT2D eigenvalue weighted by Gasteiger charge is 2.28. The van der Waals surface area contributed by atoms with Crippen molar-refractivity contribution in [1.82, 2.24) is 14.9 Å². The van der Waals surface area contributed by atoms with Crippen LogP contribution in [-0.4, -0.2) is 54.0 Å². The molecule has 1 atom stereocenters. The van der Waals surface area contributed by atoms with Gasteiger partial charge in [-0.3, -0.25) is 9.78 Å². The standard InChI is InChI=1S/C23H27N7OS/c1-5-16-17(14-24)23(32-20(21(25)31)18-13-15(2)7-8-27-18)28-22(19(16)26-3)30-10-6-9-29(4)11-12-30/h7-8,13,20H,5-6,9-12H2,1-2,4H3,(H2,25,31). The Kier molecular flexibility index (Phi) is 7.68. The third-order valence-corrected chi connectivity index (χ3v) is 6.74. The Hall–Kier alpha value is -3.14. The van der Waals surface area contributed by atoms with Gasteiger partial charge in [-0.1, -0.05) is 18.7 Å². The number of nitriles is 1. The SMILES string of the molecule is [C-]#[N+]c1c(N2CCCN(C)CC2)nc(SC(C(N)=O)c2cc(C)ccn2)c(C#N)c1CC. The van der Waals surface area contributed by atoms with Crippen LogP contribution in [0, 0.1) is 24.8 Å². The number of aryl methyl sites for hydroxylation is 1. The number of nitrogens with zero attached hydrogens (tertiary/aromatic N) is 6. The molecule has 2 aromatic heterocycles. The van der Waals surface area contributed by atoms with Crippen molar-refractivity contribution in [3.63, 3.8) is 0 Å². The van der Waals surface area contributed by atoms with E-state index in [9.17, 15) is 10.1 Å².